The molecule has 4 rings (SSSR count). The fourth-order valence-corrected chi connectivity index (χ4v) is 7.22. The third-order valence-corrected chi connectivity index (χ3v) is 9.42. The predicted molar refractivity (Wildman–Crippen MR) is 138 cm³/mol. The van der Waals surface area contributed by atoms with Crippen molar-refractivity contribution < 1.29 is 33.0 Å². The molecule has 9 heteroatoms. The normalized spacial score (nSPS) is 21.1. The summed E-state index contributed by atoms with van der Waals surface area (Å²) in [5, 5.41) is 9.14. The number of ketones is 1. The molecule has 1 amide bonds. The molecule has 0 aromatic heterocycles. The van der Waals surface area contributed by atoms with Crippen LogP contribution in [0.15, 0.2) is 30.3 Å². The summed E-state index contributed by atoms with van der Waals surface area (Å²) in [5.74, 6) is -2.38. The van der Waals surface area contributed by atoms with E-state index < -0.39 is 31.7 Å². The Morgan fingerprint density at radius 1 is 1.08 bits per heavy atom. The summed E-state index contributed by atoms with van der Waals surface area (Å²) >= 11 is 0. The largest absolute Gasteiger partial charge is 0.497 e. The van der Waals surface area contributed by atoms with Crippen LogP contribution in [0.2, 0.25) is 19.6 Å². The Labute approximate surface area is 216 Å². The highest BCUT2D eigenvalue weighted by Crippen LogP contribution is 2.41. The van der Waals surface area contributed by atoms with E-state index in [0.29, 0.717) is 37.1 Å². The van der Waals surface area contributed by atoms with Crippen LogP contribution in [0.5, 0.6) is 5.75 Å². The molecule has 0 saturated heterocycles. The molecular formula is C28H33F2NO5Si. The highest BCUT2D eigenvalue weighted by atomic mass is 28.3. The molecule has 2 aliphatic rings. The molecule has 0 spiro atoms. The molecule has 1 saturated carbocycles. The molecule has 0 radical (unpaired) electrons. The molecule has 1 aliphatic heterocycles. The number of methoxy groups -OCH3 is 1. The van der Waals surface area contributed by atoms with Gasteiger partial charge in [0.2, 0.25) is 5.91 Å². The maximum Gasteiger partial charge on any atom is 0.303 e. The summed E-state index contributed by atoms with van der Waals surface area (Å²) in [7, 11) is -0.707. The second-order valence-electron chi connectivity index (χ2n) is 11.2. The van der Waals surface area contributed by atoms with Crippen molar-refractivity contribution in [2.24, 2.45) is 11.8 Å². The Kier molecular flexibility index (Phi) is 7.55. The van der Waals surface area contributed by atoms with E-state index in [2.05, 4.69) is 0 Å². The van der Waals surface area contributed by atoms with Crippen LogP contribution in [-0.4, -0.2) is 49.4 Å². The van der Waals surface area contributed by atoms with E-state index in [9.17, 15) is 23.2 Å². The Bertz CT molecular complexity index is 1210. The topological polar surface area (TPSA) is 83.9 Å². The highest BCUT2D eigenvalue weighted by Gasteiger charge is 2.43. The average Bonchev–Trinajstić information content (AvgIpc) is 2.77. The molecule has 2 aromatic carbocycles. The third-order valence-electron chi connectivity index (χ3n) is 7.44. The number of Topliss-reactive ketones (excluding diaryl/α,β-unsaturated/α-hetero) is 1. The molecule has 1 heterocycles. The van der Waals surface area contributed by atoms with Gasteiger partial charge in [-0.3, -0.25) is 14.4 Å². The van der Waals surface area contributed by atoms with Crippen LogP contribution >= 0.6 is 0 Å². The van der Waals surface area contributed by atoms with Crippen molar-refractivity contribution in [1.82, 2.24) is 4.90 Å². The van der Waals surface area contributed by atoms with Crippen LogP contribution in [0, 0.1) is 23.5 Å². The summed E-state index contributed by atoms with van der Waals surface area (Å²) < 4.78 is 35.1. The lowest BCUT2D eigenvalue weighted by Crippen LogP contribution is -2.49. The number of hydrogen-bond acceptors (Lipinski definition) is 4. The van der Waals surface area contributed by atoms with Crippen molar-refractivity contribution in [1.29, 1.82) is 0 Å². The van der Waals surface area contributed by atoms with Crippen LogP contribution in [0.1, 0.15) is 42.0 Å². The summed E-state index contributed by atoms with van der Waals surface area (Å²) in [6.07, 6.45) is 1.31. The standard InChI is InChI=1S/C28H33F2NO5Si/c1-36-20-5-6-21-18(15-20)7-8-31(28(35)19-9-16(10-19)14-25(33)34)26(21)24(32)13-17-11-22(29)27(23(30)12-17)37(2,3)4/h5-6,11-12,15-16,19,26H,7-10,13-14H2,1-4H3,(H,33,34)/t16?,19?,26-/m1/s1. The minimum Gasteiger partial charge on any atom is -0.497 e. The smallest absolute Gasteiger partial charge is 0.303 e. The molecule has 198 valence electrons. The van der Waals surface area contributed by atoms with E-state index in [0.717, 1.165) is 5.56 Å². The Morgan fingerprint density at radius 3 is 2.30 bits per heavy atom. The van der Waals surface area contributed by atoms with Crippen molar-refractivity contribution >= 4 is 30.9 Å². The number of carboxylic acid groups (broad SMARTS) is 1. The zero-order chi connectivity index (χ0) is 27.1. The molecule has 0 unspecified atom stereocenters. The van der Waals surface area contributed by atoms with Crippen LogP contribution in [0.25, 0.3) is 0 Å². The number of carboxylic acids is 1. The Hall–Kier alpha value is -3.07. The number of amides is 1. The maximum absolute atomic E-state index is 14.9. The fourth-order valence-electron chi connectivity index (χ4n) is 5.64. The minimum atomic E-state index is -2.26. The van der Waals surface area contributed by atoms with Crippen molar-refractivity contribution in [3.05, 3.63) is 58.7 Å². The zero-order valence-electron chi connectivity index (χ0n) is 21.6. The first kappa shape index (κ1) is 27.0. The van der Waals surface area contributed by atoms with E-state index >= 15 is 0 Å². The van der Waals surface area contributed by atoms with Gasteiger partial charge in [-0.05, 0) is 66.1 Å². The van der Waals surface area contributed by atoms with E-state index in [1.165, 1.54) is 12.1 Å². The van der Waals surface area contributed by atoms with Crippen molar-refractivity contribution in [3.63, 3.8) is 0 Å². The molecule has 0 bridgehead atoms. The van der Waals surface area contributed by atoms with Crippen molar-refractivity contribution in [2.75, 3.05) is 13.7 Å². The third kappa shape index (κ3) is 5.61. The second-order valence-corrected chi connectivity index (χ2v) is 16.2. The SMILES string of the molecule is COc1ccc2c(c1)CCN(C(=O)C1CC(CC(=O)O)C1)[C@H]2C(=O)Cc1cc(F)c([Si](C)(C)C)c(F)c1. The fraction of sp³-hybridized carbons (Fsp3) is 0.464. The van der Waals surface area contributed by atoms with Crippen LogP contribution < -0.4 is 9.92 Å². The molecule has 37 heavy (non-hydrogen) atoms. The van der Waals surface area contributed by atoms with Gasteiger partial charge in [0.15, 0.2) is 5.78 Å². The first-order chi connectivity index (χ1) is 17.4. The van der Waals surface area contributed by atoms with E-state index in [4.69, 9.17) is 9.84 Å². The van der Waals surface area contributed by atoms with E-state index in [1.54, 1.807) is 24.1 Å². The lowest BCUT2D eigenvalue weighted by molar-refractivity contribution is -0.149. The molecule has 1 N–H and O–H groups in total. The van der Waals surface area contributed by atoms with Gasteiger partial charge in [-0.25, -0.2) is 8.78 Å². The number of ether oxygens (including phenoxy) is 1. The Morgan fingerprint density at radius 2 is 1.73 bits per heavy atom. The number of carbonyl (C=O) groups is 3. The molecule has 1 atom stereocenters. The van der Waals surface area contributed by atoms with Gasteiger partial charge < -0.3 is 14.7 Å². The first-order valence-corrected chi connectivity index (χ1v) is 16.1. The van der Waals surface area contributed by atoms with Crippen LogP contribution in [0.4, 0.5) is 8.78 Å². The number of aliphatic carboxylic acids is 1. The highest BCUT2D eigenvalue weighted by molar-refractivity contribution is 6.88. The Balaban J connectivity index is 1.62. The van der Waals surface area contributed by atoms with Crippen molar-refractivity contribution in [3.8, 4) is 5.75 Å². The maximum atomic E-state index is 14.9. The molecule has 1 fully saturated rings. The van der Waals surface area contributed by atoms with Gasteiger partial charge in [0, 0.05) is 30.5 Å². The number of nitrogens with zero attached hydrogens (tertiary/aromatic N) is 1. The molecular weight excluding hydrogens is 496 g/mol. The number of carbonyl (C=O) groups excluding carboxylic acids is 2. The van der Waals surface area contributed by atoms with Gasteiger partial charge in [0.25, 0.3) is 0 Å². The van der Waals surface area contributed by atoms with Gasteiger partial charge >= 0.3 is 5.97 Å². The monoisotopic (exact) mass is 529 g/mol. The van der Waals surface area contributed by atoms with E-state index in [1.807, 2.05) is 25.7 Å². The average molecular weight is 530 g/mol. The minimum absolute atomic E-state index is 0.0271. The summed E-state index contributed by atoms with van der Waals surface area (Å²) in [6, 6.07) is 6.96. The van der Waals surface area contributed by atoms with Gasteiger partial charge in [0.05, 0.1) is 15.2 Å². The quantitative estimate of drug-likeness (QED) is 0.517. The van der Waals surface area contributed by atoms with Gasteiger partial charge in [0.1, 0.15) is 23.4 Å². The molecule has 1 aliphatic carbocycles. The number of benzene rings is 2. The van der Waals surface area contributed by atoms with Crippen LogP contribution in [0.3, 0.4) is 0 Å². The number of halogens is 2. The molecule has 2 aromatic rings. The summed E-state index contributed by atoms with van der Waals surface area (Å²) in [4.78, 5) is 39.7. The first-order valence-electron chi connectivity index (χ1n) is 12.6. The van der Waals surface area contributed by atoms with E-state index in [-0.39, 0.29) is 47.1 Å². The summed E-state index contributed by atoms with van der Waals surface area (Å²) in [6.45, 7) is 5.90. The molecule has 6 nitrogen and oxygen atoms in total. The van der Waals surface area contributed by atoms with Gasteiger partial charge in [-0.1, -0.05) is 25.7 Å². The summed E-state index contributed by atoms with van der Waals surface area (Å²) in [5.41, 5.74) is 1.82. The lowest BCUT2D eigenvalue weighted by atomic mass is 9.72. The predicted octanol–water partition coefficient (Wildman–Crippen LogP) is 4.26. The van der Waals surface area contributed by atoms with Crippen molar-refractivity contribution in [2.45, 2.75) is 57.8 Å². The number of hydrogen-bond donors (Lipinski definition) is 1. The van der Waals surface area contributed by atoms with Gasteiger partial charge in [-0.15, -0.1) is 0 Å². The number of fused-ring (bicyclic) bond motifs is 1. The lowest BCUT2D eigenvalue weighted by Gasteiger charge is -2.42. The number of rotatable bonds is 8. The van der Waals surface area contributed by atoms with Crippen LogP contribution in [-0.2, 0) is 27.2 Å². The van der Waals surface area contributed by atoms with Gasteiger partial charge in [-0.2, -0.15) is 0 Å². The zero-order valence-corrected chi connectivity index (χ0v) is 22.6. The second kappa shape index (κ2) is 10.4.